The van der Waals surface area contributed by atoms with Crippen LogP contribution < -0.4 is 10.1 Å². The zero-order chi connectivity index (χ0) is 14.7. The summed E-state index contributed by atoms with van der Waals surface area (Å²) in [4.78, 5) is 8.79. The minimum absolute atomic E-state index is 0.111. The number of ether oxygens (including phenoxy) is 1. The van der Waals surface area contributed by atoms with Gasteiger partial charge in [-0.15, -0.1) is 0 Å². The molecule has 0 spiro atoms. The second-order valence-corrected chi connectivity index (χ2v) is 5.03. The van der Waals surface area contributed by atoms with Gasteiger partial charge in [0.25, 0.3) is 0 Å². The van der Waals surface area contributed by atoms with E-state index >= 15 is 0 Å². The Bertz CT molecular complexity index is 605. The normalized spacial score (nSPS) is 10.7. The van der Waals surface area contributed by atoms with Crippen LogP contribution in [0.15, 0.2) is 24.3 Å². The van der Waals surface area contributed by atoms with Gasteiger partial charge in [-0.25, -0.2) is 9.97 Å². The Hall–Kier alpha value is -1.51. The Morgan fingerprint density at radius 3 is 2.40 bits per heavy atom. The van der Waals surface area contributed by atoms with Crippen LogP contribution in [0, 0.1) is 10.5 Å². The molecule has 1 aromatic carbocycles. The average Bonchev–Trinajstić information content (AvgIpc) is 2.42. The summed E-state index contributed by atoms with van der Waals surface area (Å²) in [5.41, 5.74) is 1.59. The molecular formula is C13H12F2IN3O. The molecule has 0 saturated heterocycles. The molecule has 2 rings (SSSR count). The van der Waals surface area contributed by atoms with E-state index in [1.807, 2.05) is 6.92 Å². The quantitative estimate of drug-likeness (QED) is 0.808. The molecule has 0 bridgehead atoms. The monoisotopic (exact) mass is 391 g/mol. The van der Waals surface area contributed by atoms with Crippen LogP contribution in [0.3, 0.4) is 0 Å². The van der Waals surface area contributed by atoms with Crippen molar-refractivity contribution in [3.63, 3.8) is 0 Å². The fraction of sp³-hybridized carbons (Fsp3) is 0.231. The summed E-state index contributed by atoms with van der Waals surface area (Å²) in [5, 5.41) is 3.00. The van der Waals surface area contributed by atoms with Crippen molar-refractivity contribution in [1.29, 1.82) is 0 Å². The molecule has 0 fully saturated rings. The van der Waals surface area contributed by atoms with E-state index in [4.69, 9.17) is 0 Å². The summed E-state index contributed by atoms with van der Waals surface area (Å²) in [6.07, 6.45) is 0. The minimum atomic E-state index is -2.83. The van der Waals surface area contributed by atoms with E-state index in [2.05, 4.69) is 42.6 Å². The Kier molecular flexibility index (Phi) is 4.69. The SMILES string of the molecule is CNc1nc(-c2ccc(OC(F)F)cc2)nc(C)c1I. The molecule has 0 aliphatic rings. The molecular weight excluding hydrogens is 379 g/mol. The van der Waals surface area contributed by atoms with Crippen molar-refractivity contribution in [2.75, 3.05) is 12.4 Å². The molecule has 106 valence electrons. The molecule has 4 nitrogen and oxygen atoms in total. The zero-order valence-electron chi connectivity index (χ0n) is 10.8. The van der Waals surface area contributed by atoms with E-state index in [-0.39, 0.29) is 5.75 Å². The van der Waals surface area contributed by atoms with Crippen LogP contribution in [0.1, 0.15) is 5.69 Å². The Morgan fingerprint density at radius 1 is 1.20 bits per heavy atom. The lowest BCUT2D eigenvalue weighted by Gasteiger charge is -2.09. The topological polar surface area (TPSA) is 47.0 Å². The number of nitrogens with zero attached hydrogens (tertiary/aromatic N) is 2. The first-order valence-corrected chi connectivity index (χ1v) is 6.86. The standard InChI is InChI=1S/C13H12F2IN3O/c1-7-10(16)12(17-2)19-11(18-7)8-3-5-9(6-4-8)20-13(14)15/h3-6,13H,1-2H3,(H,17,18,19). The fourth-order valence-electron chi connectivity index (χ4n) is 1.64. The molecule has 20 heavy (non-hydrogen) atoms. The van der Waals surface area contributed by atoms with Crippen molar-refractivity contribution in [2.45, 2.75) is 13.5 Å². The molecule has 7 heteroatoms. The number of rotatable bonds is 4. The predicted octanol–water partition coefficient (Wildman–Crippen LogP) is 3.70. The maximum absolute atomic E-state index is 12.1. The maximum atomic E-state index is 12.1. The van der Waals surface area contributed by atoms with E-state index < -0.39 is 6.61 Å². The second-order valence-electron chi connectivity index (χ2n) is 3.95. The van der Waals surface area contributed by atoms with Crippen LogP contribution >= 0.6 is 22.6 Å². The second kappa shape index (κ2) is 6.29. The molecule has 0 amide bonds. The van der Waals surface area contributed by atoms with E-state index in [1.54, 1.807) is 19.2 Å². The predicted molar refractivity (Wildman–Crippen MR) is 81.1 cm³/mol. The lowest BCUT2D eigenvalue weighted by Crippen LogP contribution is -2.03. The van der Waals surface area contributed by atoms with Crippen LogP contribution in [0.2, 0.25) is 0 Å². The highest BCUT2D eigenvalue weighted by molar-refractivity contribution is 14.1. The first kappa shape index (κ1) is 14.9. The molecule has 1 heterocycles. The van der Waals surface area contributed by atoms with Gasteiger partial charge in [0, 0.05) is 12.6 Å². The third kappa shape index (κ3) is 3.33. The number of aromatic nitrogens is 2. The van der Waals surface area contributed by atoms with Gasteiger partial charge in [0.15, 0.2) is 5.82 Å². The summed E-state index contributed by atoms with van der Waals surface area (Å²) in [6, 6.07) is 6.24. The van der Waals surface area contributed by atoms with Crippen molar-refractivity contribution in [1.82, 2.24) is 9.97 Å². The number of alkyl halides is 2. The van der Waals surface area contributed by atoms with Gasteiger partial charge >= 0.3 is 6.61 Å². The smallest absolute Gasteiger partial charge is 0.387 e. The number of hydrogen-bond donors (Lipinski definition) is 1. The van der Waals surface area contributed by atoms with Gasteiger partial charge < -0.3 is 10.1 Å². The van der Waals surface area contributed by atoms with Crippen LogP contribution in [-0.2, 0) is 0 Å². The fourth-order valence-corrected chi connectivity index (χ4v) is 2.15. The summed E-state index contributed by atoms with van der Waals surface area (Å²) >= 11 is 2.17. The van der Waals surface area contributed by atoms with E-state index in [0.717, 1.165) is 20.6 Å². The van der Waals surface area contributed by atoms with Gasteiger partial charge in [-0.1, -0.05) is 0 Å². The molecule has 1 N–H and O–H groups in total. The van der Waals surface area contributed by atoms with E-state index in [1.165, 1.54) is 12.1 Å². The van der Waals surface area contributed by atoms with Crippen LogP contribution in [-0.4, -0.2) is 23.6 Å². The van der Waals surface area contributed by atoms with Gasteiger partial charge in [0.2, 0.25) is 0 Å². The Labute approximate surface area is 128 Å². The van der Waals surface area contributed by atoms with Crippen LogP contribution in [0.5, 0.6) is 5.75 Å². The number of nitrogens with one attached hydrogen (secondary N) is 1. The lowest BCUT2D eigenvalue weighted by molar-refractivity contribution is -0.0498. The minimum Gasteiger partial charge on any atom is -0.435 e. The first-order chi connectivity index (χ1) is 9.51. The highest BCUT2D eigenvalue weighted by Crippen LogP contribution is 2.25. The molecule has 0 aliphatic heterocycles. The number of halogens is 3. The van der Waals surface area contributed by atoms with Gasteiger partial charge in [-0.2, -0.15) is 8.78 Å². The molecule has 0 atom stereocenters. The summed E-state index contributed by atoms with van der Waals surface area (Å²) in [7, 11) is 1.79. The van der Waals surface area contributed by atoms with Crippen molar-refractivity contribution in [3.8, 4) is 17.1 Å². The third-order valence-electron chi connectivity index (χ3n) is 2.59. The summed E-state index contributed by atoms with van der Waals surface area (Å²) < 4.78 is 29.4. The lowest BCUT2D eigenvalue weighted by atomic mass is 10.2. The molecule has 1 aromatic heterocycles. The first-order valence-electron chi connectivity index (χ1n) is 5.78. The summed E-state index contributed by atoms with van der Waals surface area (Å²) in [5.74, 6) is 1.39. The number of anilines is 1. The Balaban J connectivity index is 2.34. The van der Waals surface area contributed by atoms with Gasteiger partial charge in [0.05, 0.1) is 9.26 Å². The average molecular weight is 391 g/mol. The van der Waals surface area contributed by atoms with Crippen molar-refractivity contribution >= 4 is 28.4 Å². The molecule has 2 aromatic rings. The number of benzene rings is 1. The van der Waals surface area contributed by atoms with Crippen molar-refractivity contribution < 1.29 is 13.5 Å². The molecule has 0 radical (unpaired) electrons. The highest BCUT2D eigenvalue weighted by Gasteiger charge is 2.10. The maximum Gasteiger partial charge on any atom is 0.387 e. The molecule has 0 aliphatic carbocycles. The summed E-state index contributed by atoms with van der Waals surface area (Å²) in [6.45, 7) is -0.934. The van der Waals surface area contributed by atoms with Gasteiger partial charge in [-0.05, 0) is 53.8 Å². The van der Waals surface area contributed by atoms with Crippen LogP contribution in [0.25, 0.3) is 11.4 Å². The van der Waals surface area contributed by atoms with Crippen LogP contribution in [0.4, 0.5) is 14.6 Å². The zero-order valence-corrected chi connectivity index (χ0v) is 13.0. The largest absolute Gasteiger partial charge is 0.435 e. The molecule has 0 unspecified atom stereocenters. The van der Waals surface area contributed by atoms with Gasteiger partial charge in [-0.3, -0.25) is 0 Å². The Morgan fingerprint density at radius 2 is 1.85 bits per heavy atom. The number of aryl methyl sites for hydroxylation is 1. The van der Waals surface area contributed by atoms with Crippen molar-refractivity contribution in [2.24, 2.45) is 0 Å². The highest BCUT2D eigenvalue weighted by atomic mass is 127. The number of hydrogen-bond acceptors (Lipinski definition) is 4. The van der Waals surface area contributed by atoms with Gasteiger partial charge in [0.1, 0.15) is 11.6 Å². The van der Waals surface area contributed by atoms with Crippen molar-refractivity contribution in [3.05, 3.63) is 33.5 Å². The van der Waals surface area contributed by atoms with E-state index in [9.17, 15) is 8.78 Å². The third-order valence-corrected chi connectivity index (χ3v) is 3.88. The van der Waals surface area contributed by atoms with E-state index in [0.29, 0.717) is 5.82 Å². The molecule has 0 saturated carbocycles.